The number of nitrogens with zero attached hydrogens (tertiary/aromatic N) is 2. The summed E-state index contributed by atoms with van der Waals surface area (Å²) in [5.74, 6) is 2.17. The molecule has 0 spiro atoms. The molecule has 2 rings (SSSR count). The average molecular weight is 285 g/mol. The van der Waals surface area contributed by atoms with E-state index >= 15 is 0 Å². The molecule has 1 aromatic heterocycles. The molecule has 0 aliphatic heterocycles. The van der Waals surface area contributed by atoms with E-state index in [1.807, 2.05) is 50.2 Å². The summed E-state index contributed by atoms with van der Waals surface area (Å²) in [7, 11) is 0. The fourth-order valence-electron chi connectivity index (χ4n) is 1.75. The van der Waals surface area contributed by atoms with Crippen molar-refractivity contribution in [3.63, 3.8) is 0 Å². The molecule has 1 aromatic carbocycles. The van der Waals surface area contributed by atoms with Gasteiger partial charge in [-0.25, -0.2) is 4.98 Å². The fourth-order valence-corrected chi connectivity index (χ4v) is 1.75. The molecule has 0 aliphatic rings. The van der Waals surface area contributed by atoms with E-state index in [4.69, 9.17) is 9.47 Å². The number of pyridine rings is 1. The third-order valence-corrected chi connectivity index (χ3v) is 2.63. The number of benzene rings is 1. The van der Waals surface area contributed by atoms with Crippen LogP contribution in [0.4, 0.5) is 5.82 Å². The van der Waals surface area contributed by atoms with Crippen LogP contribution in [0.25, 0.3) is 0 Å². The highest BCUT2D eigenvalue weighted by molar-refractivity contribution is 5.81. The molecule has 110 valence electrons. The molecule has 0 saturated carbocycles. The van der Waals surface area contributed by atoms with Crippen molar-refractivity contribution in [3.05, 3.63) is 48.2 Å². The van der Waals surface area contributed by atoms with Crippen LogP contribution in [-0.4, -0.2) is 24.4 Å². The Labute approximate surface area is 124 Å². The van der Waals surface area contributed by atoms with E-state index in [0.717, 1.165) is 17.1 Å². The van der Waals surface area contributed by atoms with Crippen molar-refractivity contribution in [2.75, 3.05) is 18.6 Å². The fraction of sp³-hybridized carbons (Fsp3) is 0.250. The summed E-state index contributed by atoms with van der Waals surface area (Å²) in [4.78, 5) is 4.13. The van der Waals surface area contributed by atoms with Crippen LogP contribution in [0.5, 0.6) is 11.5 Å². The van der Waals surface area contributed by atoms with Gasteiger partial charge in [0.05, 0.1) is 19.4 Å². The average Bonchev–Trinajstić information content (AvgIpc) is 2.51. The smallest absolute Gasteiger partial charge is 0.161 e. The van der Waals surface area contributed by atoms with Crippen LogP contribution in [0.1, 0.15) is 19.4 Å². The van der Waals surface area contributed by atoms with Crippen LogP contribution in [-0.2, 0) is 0 Å². The van der Waals surface area contributed by atoms with Gasteiger partial charge in [0.2, 0.25) is 0 Å². The third kappa shape index (κ3) is 4.49. The summed E-state index contributed by atoms with van der Waals surface area (Å²) < 4.78 is 11.1. The molecular formula is C16H19N3O2. The summed E-state index contributed by atoms with van der Waals surface area (Å²) in [6.07, 6.45) is 3.43. The highest BCUT2D eigenvalue weighted by Gasteiger charge is 2.04. The molecule has 0 aliphatic carbocycles. The Kier molecular flexibility index (Phi) is 5.58. The van der Waals surface area contributed by atoms with Gasteiger partial charge in [-0.05, 0) is 49.7 Å². The zero-order chi connectivity index (χ0) is 14.9. The first-order valence-electron chi connectivity index (χ1n) is 6.93. The van der Waals surface area contributed by atoms with Crippen LogP contribution in [0.3, 0.4) is 0 Å². The molecule has 21 heavy (non-hydrogen) atoms. The van der Waals surface area contributed by atoms with Crippen molar-refractivity contribution in [2.45, 2.75) is 13.8 Å². The van der Waals surface area contributed by atoms with Crippen LogP contribution >= 0.6 is 0 Å². The maximum absolute atomic E-state index is 5.58. The summed E-state index contributed by atoms with van der Waals surface area (Å²) in [5, 5.41) is 4.15. The highest BCUT2D eigenvalue weighted by Crippen LogP contribution is 2.27. The molecule has 2 aromatic rings. The van der Waals surface area contributed by atoms with Gasteiger partial charge in [0.1, 0.15) is 5.82 Å². The number of rotatable bonds is 7. The van der Waals surface area contributed by atoms with Crippen molar-refractivity contribution in [1.29, 1.82) is 0 Å². The van der Waals surface area contributed by atoms with E-state index in [1.54, 1.807) is 12.4 Å². The first-order valence-corrected chi connectivity index (χ1v) is 6.93. The van der Waals surface area contributed by atoms with E-state index in [1.165, 1.54) is 0 Å². The molecule has 5 heteroatoms. The molecule has 0 atom stereocenters. The molecule has 0 fully saturated rings. The van der Waals surface area contributed by atoms with Gasteiger partial charge < -0.3 is 9.47 Å². The van der Waals surface area contributed by atoms with Crippen molar-refractivity contribution in [3.8, 4) is 11.5 Å². The second-order valence-electron chi connectivity index (χ2n) is 4.16. The van der Waals surface area contributed by atoms with E-state index in [0.29, 0.717) is 19.0 Å². The predicted molar refractivity (Wildman–Crippen MR) is 84.2 cm³/mol. The maximum atomic E-state index is 5.58. The molecule has 0 bridgehead atoms. The third-order valence-electron chi connectivity index (χ3n) is 2.63. The Hall–Kier alpha value is -2.56. The van der Waals surface area contributed by atoms with Gasteiger partial charge in [-0.3, -0.25) is 5.43 Å². The minimum Gasteiger partial charge on any atom is -0.490 e. The largest absolute Gasteiger partial charge is 0.490 e. The minimum atomic E-state index is 0.590. The zero-order valence-corrected chi connectivity index (χ0v) is 12.2. The molecular weight excluding hydrogens is 266 g/mol. The number of nitrogens with one attached hydrogen (secondary N) is 1. The second kappa shape index (κ2) is 7.89. The summed E-state index contributed by atoms with van der Waals surface area (Å²) >= 11 is 0. The first-order chi connectivity index (χ1) is 10.3. The molecule has 1 heterocycles. The lowest BCUT2D eigenvalue weighted by molar-refractivity contribution is 0.288. The Bertz CT molecular complexity index is 585. The minimum absolute atomic E-state index is 0.590. The number of hydrogen-bond acceptors (Lipinski definition) is 5. The number of ether oxygens (including phenoxy) is 2. The van der Waals surface area contributed by atoms with E-state index in [2.05, 4.69) is 15.5 Å². The quantitative estimate of drug-likeness (QED) is 0.626. The first kappa shape index (κ1) is 14.8. The van der Waals surface area contributed by atoms with Gasteiger partial charge in [-0.2, -0.15) is 5.10 Å². The lowest BCUT2D eigenvalue weighted by atomic mass is 10.2. The van der Waals surface area contributed by atoms with Crippen molar-refractivity contribution < 1.29 is 9.47 Å². The normalized spacial score (nSPS) is 10.6. The zero-order valence-electron chi connectivity index (χ0n) is 12.2. The summed E-state index contributed by atoms with van der Waals surface area (Å²) in [6.45, 7) is 5.09. The summed E-state index contributed by atoms with van der Waals surface area (Å²) in [5.41, 5.74) is 3.79. The Morgan fingerprint density at radius 1 is 1.10 bits per heavy atom. The topological polar surface area (TPSA) is 55.7 Å². The highest BCUT2D eigenvalue weighted by atomic mass is 16.5. The maximum Gasteiger partial charge on any atom is 0.161 e. The van der Waals surface area contributed by atoms with Gasteiger partial charge in [0.25, 0.3) is 0 Å². The Balaban J connectivity index is 2.07. The Morgan fingerprint density at radius 3 is 2.62 bits per heavy atom. The monoisotopic (exact) mass is 285 g/mol. The van der Waals surface area contributed by atoms with E-state index in [-0.39, 0.29) is 0 Å². The van der Waals surface area contributed by atoms with Crippen molar-refractivity contribution in [2.24, 2.45) is 5.10 Å². The van der Waals surface area contributed by atoms with E-state index < -0.39 is 0 Å². The lowest BCUT2D eigenvalue weighted by Crippen LogP contribution is -1.99. The van der Waals surface area contributed by atoms with Gasteiger partial charge in [0, 0.05) is 6.20 Å². The lowest BCUT2D eigenvalue weighted by Gasteiger charge is -2.11. The van der Waals surface area contributed by atoms with Crippen molar-refractivity contribution in [1.82, 2.24) is 4.98 Å². The predicted octanol–water partition coefficient (Wildman–Crippen LogP) is 3.33. The summed E-state index contributed by atoms with van der Waals surface area (Å²) in [6, 6.07) is 11.3. The standard InChI is InChI=1S/C16H19N3O2/c1-3-20-14-9-8-13(11-15(14)21-4-2)12-18-19-16-7-5-6-10-17-16/h5-12H,3-4H2,1-2H3,(H,17,19). The van der Waals surface area contributed by atoms with Gasteiger partial charge >= 0.3 is 0 Å². The van der Waals surface area contributed by atoms with Gasteiger partial charge in [0.15, 0.2) is 11.5 Å². The van der Waals surface area contributed by atoms with E-state index in [9.17, 15) is 0 Å². The number of aromatic nitrogens is 1. The SMILES string of the molecule is CCOc1ccc(C=NNc2ccccn2)cc1OCC. The Morgan fingerprint density at radius 2 is 1.90 bits per heavy atom. The molecule has 0 amide bonds. The molecule has 0 unspecified atom stereocenters. The number of anilines is 1. The molecule has 0 radical (unpaired) electrons. The van der Waals surface area contributed by atoms with Gasteiger partial charge in [-0.1, -0.05) is 6.07 Å². The van der Waals surface area contributed by atoms with Crippen LogP contribution < -0.4 is 14.9 Å². The molecule has 5 nitrogen and oxygen atoms in total. The van der Waals surface area contributed by atoms with Crippen LogP contribution in [0.2, 0.25) is 0 Å². The van der Waals surface area contributed by atoms with Crippen LogP contribution in [0, 0.1) is 0 Å². The van der Waals surface area contributed by atoms with Crippen LogP contribution in [0.15, 0.2) is 47.7 Å². The second-order valence-corrected chi connectivity index (χ2v) is 4.16. The van der Waals surface area contributed by atoms with Gasteiger partial charge in [-0.15, -0.1) is 0 Å². The number of hydrazone groups is 1. The number of hydrogen-bond donors (Lipinski definition) is 1. The van der Waals surface area contributed by atoms with Crippen molar-refractivity contribution >= 4 is 12.0 Å². The molecule has 0 saturated heterocycles. The molecule has 1 N–H and O–H groups in total.